The third-order valence-corrected chi connectivity index (χ3v) is 4.63. The minimum Gasteiger partial charge on any atom is -0.444 e. The quantitative estimate of drug-likeness (QED) is 0.460. The maximum absolute atomic E-state index is 13.6. The predicted octanol–water partition coefficient (Wildman–Crippen LogP) is 3.55. The van der Waals surface area contributed by atoms with Gasteiger partial charge in [-0.15, -0.1) is 0 Å². The summed E-state index contributed by atoms with van der Waals surface area (Å²) >= 11 is 0. The van der Waals surface area contributed by atoms with Crippen molar-refractivity contribution in [2.75, 3.05) is 13.2 Å². The number of unbranched alkanes of at least 4 members (excludes halogenated alkanes) is 2. The van der Waals surface area contributed by atoms with Crippen LogP contribution >= 0.6 is 0 Å². The highest BCUT2D eigenvalue weighted by molar-refractivity contribution is 5.92. The van der Waals surface area contributed by atoms with Gasteiger partial charge in [0.1, 0.15) is 17.7 Å². The van der Waals surface area contributed by atoms with Gasteiger partial charge in [-0.2, -0.15) is 0 Å². The van der Waals surface area contributed by atoms with E-state index in [1.807, 2.05) is 45.9 Å². The SMILES string of the molecule is CCCCCN(C(=O)C(CO)NC(=O)OC(C)(C)C)C(C(=O)NC(C)(C)C)c1ccccc1. The number of nitrogens with zero attached hydrogens (tertiary/aromatic N) is 1. The van der Waals surface area contributed by atoms with Crippen LogP contribution in [0.1, 0.15) is 79.3 Å². The van der Waals surface area contributed by atoms with Crippen molar-refractivity contribution in [2.45, 2.75) is 91.0 Å². The van der Waals surface area contributed by atoms with Gasteiger partial charge in [0.25, 0.3) is 0 Å². The number of hydrogen-bond acceptors (Lipinski definition) is 5. The molecule has 2 unspecified atom stereocenters. The second-order valence-corrected chi connectivity index (χ2v) is 10.2. The van der Waals surface area contributed by atoms with E-state index in [1.54, 1.807) is 32.9 Å². The minimum absolute atomic E-state index is 0.302. The number of aliphatic hydroxyl groups is 1. The molecule has 1 rings (SSSR count). The number of carbonyl (C=O) groups excluding carboxylic acids is 3. The van der Waals surface area contributed by atoms with Crippen molar-refractivity contribution in [1.82, 2.24) is 15.5 Å². The summed E-state index contributed by atoms with van der Waals surface area (Å²) in [4.78, 5) is 40.7. The molecule has 1 aromatic carbocycles. The Hall–Kier alpha value is -2.61. The number of aliphatic hydroxyl groups excluding tert-OH is 1. The molecule has 0 bridgehead atoms. The third kappa shape index (κ3) is 10.2. The van der Waals surface area contributed by atoms with E-state index in [0.29, 0.717) is 18.5 Å². The van der Waals surface area contributed by atoms with Crippen molar-refractivity contribution in [3.8, 4) is 0 Å². The fourth-order valence-electron chi connectivity index (χ4n) is 3.28. The van der Waals surface area contributed by atoms with Crippen molar-refractivity contribution in [3.05, 3.63) is 35.9 Å². The molecule has 0 aliphatic heterocycles. The van der Waals surface area contributed by atoms with Crippen LogP contribution in [-0.4, -0.2) is 58.2 Å². The van der Waals surface area contributed by atoms with Crippen LogP contribution in [0.3, 0.4) is 0 Å². The minimum atomic E-state index is -1.24. The van der Waals surface area contributed by atoms with Crippen molar-refractivity contribution < 1.29 is 24.2 Å². The zero-order valence-corrected chi connectivity index (χ0v) is 21.1. The lowest BCUT2D eigenvalue weighted by atomic mass is 10.0. The smallest absolute Gasteiger partial charge is 0.408 e. The van der Waals surface area contributed by atoms with E-state index in [0.717, 1.165) is 12.8 Å². The van der Waals surface area contributed by atoms with Crippen molar-refractivity contribution in [3.63, 3.8) is 0 Å². The molecule has 8 heteroatoms. The first-order chi connectivity index (χ1) is 15.3. The molecule has 8 nitrogen and oxygen atoms in total. The summed E-state index contributed by atoms with van der Waals surface area (Å²) in [6.45, 7) is 12.5. The lowest BCUT2D eigenvalue weighted by Gasteiger charge is -2.35. The number of benzene rings is 1. The summed E-state index contributed by atoms with van der Waals surface area (Å²) < 4.78 is 5.25. The molecule has 3 N–H and O–H groups in total. The van der Waals surface area contributed by atoms with E-state index >= 15 is 0 Å². The summed E-state index contributed by atoms with van der Waals surface area (Å²) in [7, 11) is 0. The lowest BCUT2D eigenvalue weighted by Crippen LogP contribution is -2.55. The van der Waals surface area contributed by atoms with Crippen LogP contribution in [-0.2, 0) is 14.3 Å². The van der Waals surface area contributed by atoms with Crippen molar-refractivity contribution in [2.24, 2.45) is 0 Å². The molecule has 0 saturated carbocycles. The van der Waals surface area contributed by atoms with Gasteiger partial charge in [0.15, 0.2) is 0 Å². The van der Waals surface area contributed by atoms with Crippen LogP contribution in [0, 0.1) is 0 Å². The fourth-order valence-corrected chi connectivity index (χ4v) is 3.28. The summed E-state index contributed by atoms with van der Waals surface area (Å²) in [5.74, 6) is -0.870. The molecule has 0 aliphatic rings. The highest BCUT2D eigenvalue weighted by Crippen LogP contribution is 2.24. The molecule has 1 aromatic rings. The summed E-state index contributed by atoms with van der Waals surface area (Å²) in [5, 5.41) is 15.3. The zero-order valence-electron chi connectivity index (χ0n) is 21.1. The summed E-state index contributed by atoms with van der Waals surface area (Å²) in [6.07, 6.45) is 1.68. The molecule has 0 aliphatic carbocycles. The average Bonchev–Trinajstić information content (AvgIpc) is 2.69. The molecular formula is C25H41N3O5. The molecule has 0 heterocycles. The van der Waals surface area contributed by atoms with Crippen LogP contribution in [0.5, 0.6) is 0 Å². The van der Waals surface area contributed by atoms with Gasteiger partial charge in [-0.3, -0.25) is 9.59 Å². The van der Waals surface area contributed by atoms with Gasteiger partial charge in [-0.05, 0) is 53.5 Å². The number of ether oxygens (including phenoxy) is 1. The van der Waals surface area contributed by atoms with Crippen LogP contribution in [0.4, 0.5) is 4.79 Å². The molecule has 186 valence electrons. The number of nitrogens with one attached hydrogen (secondary N) is 2. The van der Waals surface area contributed by atoms with Crippen LogP contribution in [0.15, 0.2) is 30.3 Å². The number of hydrogen-bond donors (Lipinski definition) is 3. The normalized spacial score (nSPS) is 13.6. The predicted molar refractivity (Wildman–Crippen MR) is 129 cm³/mol. The van der Waals surface area contributed by atoms with E-state index in [-0.39, 0.29) is 5.91 Å². The Balaban J connectivity index is 3.33. The molecular weight excluding hydrogens is 422 g/mol. The van der Waals surface area contributed by atoms with Crippen molar-refractivity contribution in [1.29, 1.82) is 0 Å². The largest absolute Gasteiger partial charge is 0.444 e. The van der Waals surface area contributed by atoms with E-state index < -0.39 is 41.8 Å². The molecule has 0 saturated heterocycles. The number of alkyl carbamates (subject to hydrolysis) is 1. The third-order valence-electron chi connectivity index (χ3n) is 4.63. The maximum Gasteiger partial charge on any atom is 0.408 e. The highest BCUT2D eigenvalue weighted by atomic mass is 16.6. The Labute approximate surface area is 198 Å². The van der Waals surface area contributed by atoms with Gasteiger partial charge in [-0.1, -0.05) is 50.1 Å². The Morgan fingerprint density at radius 2 is 1.64 bits per heavy atom. The lowest BCUT2D eigenvalue weighted by molar-refractivity contribution is -0.144. The average molecular weight is 464 g/mol. The monoisotopic (exact) mass is 463 g/mol. The van der Waals surface area contributed by atoms with Gasteiger partial charge in [0.05, 0.1) is 6.61 Å². The Morgan fingerprint density at radius 3 is 2.12 bits per heavy atom. The maximum atomic E-state index is 13.6. The van der Waals surface area contributed by atoms with E-state index in [2.05, 4.69) is 10.6 Å². The van der Waals surface area contributed by atoms with Crippen LogP contribution in [0.2, 0.25) is 0 Å². The van der Waals surface area contributed by atoms with Gasteiger partial charge in [-0.25, -0.2) is 4.79 Å². The first-order valence-electron chi connectivity index (χ1n) is 11.6. The highest BCUT2D eigenvalue weighted by Gasteiger charge is 2.36. The molecule has 0 aromatic heterocycles. The Morgan fingerprint density at radius 1 is 1.03 bits per heavy atom. The van der Waals surface area contributed by atoms with Gasteiger partial charge in [0, 0.05) is 12.1 Å². The van der Waals surface area contributed by atoms with Gasteiger partial charge in [0.2, 0.25) is 11.8 Å². The first kappa shape index (κ1) is 28.4. The molecule has 0 spiro atoms. The fraction of sp³-hybridized carbons (Fsp3) is 0.640. The summed E-state index contributed by atoms with van der Waals surface area (Å²) in [5.41, 5.74) is -0.612. The van der Waals surface area contributed by atoms with E-state index in [4.69, 9.17) is 4.74 Å². The topological polar surface area (TPSA) is 108 Å². The number of amides is 3. The first-order valence-corrected chi connectivity index (χ1v) is 11.6. The van der Waals surface area contributed by atoms with Crippen LogP contribution in [0.25, 0.3) is 0 Å². The van der Waals surface area contributed by atoms with Crippen molar-refractivity contribution >= 4 is 17.9 Å². The molecule has 33 heavy (non-hydrogen) atoms. The Bertz CT molecular complexity index is 768. The summed E-state index contributed by atoms with van der Waals surface area (Å²) in [6, 6.07) is 6.89. The molecule has 3 amide bonds. The number of rotatable bonds is 10. The van der Waals surface area contributed by atoms with E-state index in [9.17, 15) is 19.5 Å². The standard InChI is InChI=1S/C25H41N3O5/c1-8-9-13-16-28(22(31)19(17-29)26-23(32)33-25(5,6)7)20(18-14-11-10-12-15-18)21(30)27-24(2,3)4/h10-12,14-15,19-20,29H,8-9,13,16-17H2,1-7H3,(H,26,32)(H,27,30). The number of carbonyl (C=O) groups is 3. The van der Waals surface area contributed by atoms with Crippen LogP contribution < -0.4 is 10.6 Å². The second kappa shape index (κ2) is 12.6. The molecule has 0 fully saturated rings. The molecule has 0 radical (unpaired) electrons. The van der Waals surface area contributed by atoms with Gasteiger partial charge >= 0.3 is 6.09 Å². The van der Waals surface area contributed by atoms with Gasteiger partial charge < -0.3 is 25.4 Å². The molecule has 2 atom stereocenters. The zero-order chi connectivity index (χ0) is 25.2. The second-order valence-electron chi connectivity index (χ2n) is 10.2. The van der Waals surface area contributed by atoms with E-state index in [1.165, 1.54) is 4.90 Å². The Kier molecular flexibility index (Phi) is 10.8.